The average Bonchev–Trinajstić information content (AvgIpc) is 2.70. The molecule has 1 aliphatic heterocycles. The van der Waals surface area contributed by atoms with Crippen molar-refractivity contribution < 1.29 is 22.0 Å². The Kier molecular flexibility index (Phi) is 6.71. The second-order valence-electron chi connectivity index (χ2n) is 6.54. The zero-order valence-corrected chi connectivity index (χ0v) is 17.0. The largest absolute Gasteiger partial charge is 0.368 e. The number of carbonyl (C=O) groups is 1. The van der Waals surface area contributed by atoms with Gasteiger partial charge in [-0.05, 0) is 30.3 Å². The highest BCUT2D eigenvalue weighted by atomic mass is 35.5. The van der Waals surface area contributed by atoms with Crippen molar-refractivity contribution in [1.29, 1.82) is 0 Å². The number of anilines is 1. The van der Waals surface area contributed by atoms with Crippen LogP contribution in [0.3, 0.4) is 0 Å². The molecule has 0 bridgehead atoms. The lowest BCUT2D eigenvalue weighted by atomic mass is 10.2. The first kappa shape index (κ1) is 21.5. The maximum atomic E-state index is 13.2. The van der Waals surface area contributed by atoms with Crippen molar-refractivity contribution in [1.82, 2.24) is 9.62 Å². The Balaban J connectivity index is 1.51. The van der Waals surface area contributed by atoms with Crippen molar-refractivity contribution >= 4 is 33.2 Å². The first-order chi connectivity index (χ1) is 13.8. The number of piperazine rings is 1. The smallest absolute Gasteiger partial charge is 0.251 e. The highest BCUT2D eigenvalue weighted by Gasteiger charge is 2.27. The Morgan fingerprint density at radius 2 is 1.72 bits per heavy atom. The lowest BCUT2D eigenvalue weighted by molar-refractivity contribution is 0.0955. The Hall–Kier alpha value is -2.23. The van der Waals surface area contributed by atoms with Gasteiger partial charge in [-0.2, -0.15) is 4.31 Å². The minimum Gasteiger partial charge on any atom is -0.368 e. The SMILES string of the molecule is O=C(NCCS(=O)(=O)N1CCN(c2ccccc2Cl)CC1)c1ccc(F)c(F)c1. The fourth-order valence-electron chi connectivity index (χ4n) is 3.08. The molecule has 1 N–H and O–H groups in total. The Bertz CT molecular complexity index is 996. The van der Waals surface area contributed by atoms with Crippen molar-refractivity contribution in [3.63, 3.8) is 0 Å². The van der Waals surface area contributed by atoms with Crippen molar-refractivity contribution in [2.45, 2.75) is 0 Å². The van der Waals surface area contributed by atoms with Gasteiger partial charge in [0.1, 0.15) is 0 Å². The van der Waals surface area contributed by atoms with Crippen LogP contribution in [0.5, 0.6) is 0 Å². The molecule has 1 heterocycles. The molecule has 2 aromatic rings. The molecule has 2 aromatic carbocycles. The summed E-state index contributed by atoms with van der Waals surface area (Å²) >= 11 is 6.19. The first-order valence-corrected chi connectivity index (χ1v) is 11.0. The Labute approximate surface area is 173 Å². The van der Waals surface area contributed by atoms with Crippen LogP contribution in [-0.2, 0) is 10.0 Å². The number of hydrogen-bond donors (Lipinski definition) is 1. The highest BCUT2D eigenvalue weighted by Crippen LogP contribution is 2.26. The molecule has 0 radical (unpaired) electrons. The molecule has 0 saturated carbocycles. The molecular weight excluding hydrogens is 424 g/mol. The molecule has 1 saturated heterocycles. The van der Waals surface area contributed by atoms with Crippen LogP contribution in [0.1, 0.15) is 10.4 Å². The number of hydrogen-bond acceptors (Lipinski definition) is 4. The maximum absolute atomic E-state index is 13.2. The molecular formula is C19H20ClF2N3O3S. The minimum absolute atomic E-state index is 0.0744. The van der Waals surface area contributed by atoms with Crippen LogP contribution in [0, 0.1) is 11.6 Å². The molecule has 0 spiro atoms. The highest BCUT2D eigenvalue weighted by molar-refractivity contribution is 7.89. The van der Waals surface area contributed by atoms with Crippen LogP contribution < -0.4 is 10.2 Å². The second-order valence-corrected chi connectivity index (χ2v) is 9.03. The fourth-order valence-corrected chi connectivity index (χ4v) is 4.67. The molecule has 156 valence electrons. The van der Waals surface area contributed by atoms with Crippen molar-refractivity contribution in [2.24, 2.45) is 0 Å². The predicted octanol–water partition coefficient (Wildman–Crippen LogP) is 2.50. The van der Waals surface area contributed by atoms with Gasteiger partial charge in [0.05, 0.1) is 16.5 Å². The quantitative estimate of drug-likeness (QED) is 0.744. The predicted molar refractivity (Wildman–Crippen MR) is 108 cm³/mol. The molecule has 3 rings (SSSR count). The normalized spacial score (nSPS) is 15.3. The zero-order valence-electron chi connectivity index (χ0n) is 15.4. The maximum Gasteiger partial charge on any atom is 0.251 e. The van der Waals surface area contributed by atoms with Crippen molar-refractivity contribution in [2.75, 3.05) is 43.4 Å². The number of carbonyl (C=O) groups excluding carboxylic acids is 1. The topological polar surface area (TPSA) is 69.7 Å². The molecule has 1 fully saturated rings. The fraction of sp³-hybridized carbons (Fsp3) is 0.316. The van der Waals surface area contributed by atoms with Gasteiger partial charge in [0, 0.05) is 38.3 Å². The number of amides is 1. The van der Waals surface area contributed by atoms with Gasteiger partial charge < -0.3 is 10.2 Å². The molecule has 0 aromatic heterocycles. The lowest BCUT2D eigenvalue weighted by Crippen LogP contribution is -2.50. The van der Waals surface area contributed by atoms with Gasteiger partial charge in [-0.1, -0.05) is 23.7 Å². The molecule has 0 unspecified atom stereocenters. The third-order valence-electron chi connectivity index (χ3n) is 4.65. The summed E-state index contributed by atoms with van der Waals surface area (Å²) in [7, 11) is -3.57. The molecule has 1 amide bonds. The Morgan fingerprint density at radius 3 is 2.38 bits per heavy atom. The van der Waals surface area contributed by atoms with Crippen LogP contribution in [-0.4, -0.2) is 57.1 Å². The number of sulfonamides is 1. The van der Waals surface area contributed by atoms with E-state index in [9.17, 15) is 22.0 Å². The summed E-state index contributed by atoms with van der Waals surface area (Å²) in [6.07, 6.45) is 0. The van der Waals surface area contributed by atoms with Crippen LogP contribution in [0.4, 0.5) is 14.5 Å². The van der Waals surface area contributed by atoms with E-state index in [1.54, 1.807) is 6.07 Å². The molecule has 0 atom stereocenters. The number of nitrogens with one attached hydrogen (secondary N) is 1. The summed E-state index contributed by atoms with van der Waals surface area (Å²) in [4.78, 5) is 14.0. The van der Waals surface area contributed by atoms with E-state index in [1.165, 1.54) is 4.31 Å². The van der Waals surface area contributed by atoms with E-state index in [0.29, 0.717) is 31.2 Å². The lowest BCUT2D eigenvalue weighted by Gasteiger charge is -2.35. The summed E-state index contributed by atoms with van der Waals surface area (Å²) in [6, 6.07) is 10.1. The van der Waals surface area contributed by atoms with Crippen LogP contribution in [0.15, 0.2) is 42.5 Å². The van der Waals surface area contributed by atoms with Gasteiger partial charge in [0.15, 0.2) is 11.6 Å². The van der Waals surface area contributed by atoms with Gasteiger partial charge in [0.25, 0.3) is 5.91 Å². The van der Waals surface area contributed by atoms with Gasteiger partial charge in [-0.25, -0.2) is 17.2 Å². The van der Waals surface area contributed by atoms with Gasteiger partial charge in [0.2, 0.25) is 10.0 Å². The van der Waals surface area contributed by atoms with Crippen LogP contribution in [0.2, 0.25) is 5.02 Å². The number of halogens is 3. The molecule has 1 aliphatic rings. The summed E-state index contributed by atoms with van der Waals surface area (Å²) in [5.74, 6) is -3.14. The van der Waals surface area contributed by atoms with E-state index in [4.69, 9.17) is 11.6 Å². The molecule has 6 nitrogen and oxygen atoms in total. The third kappa shape index (κ3) is 5.23. The minimum atomic E-state index is -3.57. The van der Waals surface area contributed by atoms with Gasteiger partial charge >= 0.3 is 0 Å². The average molecular weight is 444 g/mol. The number of rotatable bonds is 6. The summed E-state index contributed by atoms with van der Waals surface area (Å²) in [5.41, 5.74) is 0.791. The molecule has 29 heavy (non-hydrogen) atoms. The van der Waals surface area contributed by atoms with Crippen molar-refractivity contribution in [3.8, 4) is 0 Å². The van der Waals surface area contributed by atoms with E-state index in [2.05, 4.69) is 5.32 Å². The number of benzene rings is 2. The van der Waals surface area contributed by atoms with Gasteiger partial charge in [-0.3, -0.25) is 4.79 Å². The summed E-state index contributed by atoms with van der Waals surface area (Å²) < 4.78 is 52.6. The molecule has 0 aliphatic carbocycles. The summed E-state index contributed by atoms with van der Waals surface area (Å²) in [5, 5.41) is 3.04. The van der Waals surface area contributed by atoms with E-state index in [1.807, 2.05) is 23.1 Å². The van der Waals surface area contributed by atoms with E-state index < -0.39 is 27.6 Å². The van der Waals surface area contributed by atoms with E-state index in [0.717, 1.165) is 23.9 Å². The third-order valence-corrected chi connectivity index (χ3v) is 6.84. The van der Waals surface area contributed by atoms with Crippen LogP contribution in [0.25, 0.3) is 0 Å². The monoisotopic (exact) mass is 443 g/mol. The summed E-state index contributed by atoms with van der Waals surface area (Å²) in [6.45, 7) is 1.49. The van der Waals surface area contributed by atoms with E-state index >= 15 is 0 Å². The first-order valence-electron chi connectivity index (χ1n) is 8.98. The van der Waals surface area contributed by atoms with Gasteiger partial charge in [-0.15, -0.1) is 0 Å². The number of nitrogens with zero attached hydrogens (tertiary/aromatic N) is 2. The Morgan fingerprint density at radius 1 is 1.03 bits per heavy atom. The molecule has 10 heteroatoms. The second kappa shape index (κ2) is 9.06. The standard InChI is InChI=1S/C19H20ClF2N3O3S/c20-15-3-1-2-4-18(15)24-8-10-25(11-9-24)29(27,28)12-7-23-19(26)14-5-6-16(21)17(22)13-14/h1-6,13H,7-12H2,(H,23,26). The number of para-hydroxylation sites is 1. The van der Waals surface area contributed by atoms with Crippen LogP contribution >= 0.6 is 11.6 Å². The zero-order chi connectivity index (χ0) is 21.0. The van der Waals surface area contributed by atoms with Crippen molar-refractivity contribution in [3.05, 3.63) is 64.7 Å². The van der Waals surface area contributed by atoms with E-state index in [-0.39, 0.29) is 17.9 Å².